The van der Waals surface area contributed by atoms with Gasteiger partial charge < -0.3 is 5.73 Å². The van der Waals surface area contributed by atoms with Crippen molar-refractivity contribution < 1.29 is 8.42 Å². The van der Waals surface area contributed by atoms with E-state index in [2.05, 4.69) is 9.82 Å². The molecule has 0 saturated heterocycles. The molecule has 2 rings (SSSR count). The summed E-state index contributed by atoms with van der Waals surface area (Å²) in [5.41, 5.74) is 7.30. The van der Waals surface area contributed by atoms with Crippen molar-refractivity contribution in [1.82, 2.24) is 14.5 Å². The predicted molar refractivity (Wildman–Crippen MR) is 76.3 cm³/mol. The smallest absolute Gasteiger partial charge is 0.240 e. The molecule has 1 unspecified atom stereocenters. The number of nitrogens with one attached hydrogen (secondary N) is 1. The maximum absolute atomic E-state index is 12.1. The normalized spacial score (nSPS) is 13.3. The number of hydrogen-bond acceptors (Lipinski definition) is 4. The van der Waals surface area contributed by atoms with Gasteiger partial charge in [-0.05, 0) is 30.7 Å². The van der Waals surface area contributed by atoms with Crippen LogP contribution in [0.4, 0.5) is 0 Å². The van der Waals surface area contributed by atoms with Crippen LogP contribution in [-0.4, -0.2) is 18.2 Å². The van der Waals surface area contributed by atoms with Gasteiger partial charge in [-0.1, -0.05) is 12.1 Å². The van der Waals surface area contributed by atoms with E-state index < -0.39 is 10.0 Å². The lowest BCUT2D eigenvalue weighted by atomic mass is 10.1. The zero-order valence-electron chi connectivity index (χ0n) is 11.4. The lowest BCUT2D eigenvalue weighted by Gasteiger charge is -2.08. The first-order valence-corrected chi connectivity index (χ1v) is 7.70. The number of rotatable bonds is 5. The van der Waals surface area contributed by atoms with E-state index in [1.807, 2.05) is 6.92 Å². The molecule has 0 aliphatic heterocycles. The third-order valence-corrected chi connectivity index (χ3v) is 4.35. The molecule has 1 aromatic heterocycles. The fourth-order valence-electron chi connectivity index (χ4n) is 1.76. The van der Waals surface area contributed by atoms with Crippen LogP contribution in [0.2, 0.25) is 0 Å². The van der Waals surface area contributed by atoms with Crippen molar-refractivity contribution in [1.29, 1.82) is 0 Å². The van der Waals surface area contributed by atoms with Gasteiger partial charge in [0.15, 0.2) is 0 Å². The summed E-state index contributed by atoms with van der Waals surface area (Å²) in [4.78, 5) is 0.220. The molecule has 0 bridgehead atoms. The lowest BCUT2D eigenvalue weighted by molar-refractivity contribution is 0.579. The molecule has 1 heterocycles. The maximum atomic E-state index is 12.1. The van der Waals surface area contributed by atoms with Crippen molar-refractivity contribution in [2.24, 2.45) is 12.8 Å². The van der Waals surface area contributed by atoms with Crippen LogP contribution in [0.3, 0.4) is 0 Å². The number of aromatic nitrogens is 2. The Bertz CT molecular complexity index is 675. The molecule has 1 atom stereocenters. The Balaban J connectivity index is 2.09. The fourth-order valence-corrected chi connectivity index (χ4v) is 2.76. The minimum Gasteiger partial charge on any atom is -0.324 e. The van der Waals surface area contributed by atoms with Gasteiger partial charge in [-0.15, -0.1) is 0 Å². The first-order valence-electron chi connectivity index (χ1n) is 6.22. The Morgan fingerprint density at radius 3 is 2.45 bits per heavy atom. The molecule has 0 spiro atoms. The first-order chi connectivity index (χ1) is 9.38. The van der Waals surface area contributed by atoms with Crippen LogP contribution in [0.1, 0.15) is 24.2 Å². The van der Waals surface area contributed by atoms with Crippen molar-refractivity contribution in [2.45, 2.75) is 24.4 Å². The Kier molecular flexibility index (Phi) is 4.22. The molecule has 0 aliphatic rings. The predicted octanol–water partition coefficient (Wildman–Crippen LogP) is 0.918. The fraction of sp³-hybridized carbons (Fsp3) is 0.308. The molecular formula is C13H18N4O2S. The number of benzene rings is 1. The highest BCUT2D eigenvalue weighted by atomic mass is 32.2. The van der Waals surface area contributed by atoms with Crippen molar-refractivity contribution in [3.05, 3.63) is 47.8 Å². The quantitative estimate of drug-likeness (QED) is 0.858. The van der Waals surface area contributed by atoms with E-state index >= 15 is 0 Å². The van der Waals surface area contributed by atoms with Gasteiger partial charge in [0.25, 0.3) is 0 Å². The maximum Gasteiger partial charge on any atom is 0.240 e. The average Bonchev–Trinajstić information content (AvgIpc) is 2.82. The van der Waals surface area contributed by atoms with Gasteiger partial charge >= 0.3 is 0 Å². The molecule has 0 amide bonds. The second-order valence-electron chi connectivity index (χ2n) is 4.66. The van der Waals surface area contributed by atoms with E-state index in [1.165, 1.54) is 0 Å². The lowest BCUT2D eigenvalue weighted by Crippen LogP contribution is -2.23. The zero-order chi connectivity index (χ0) is 14.8. The van der Waals surface area contributed by atoms with Crippen molar-refractivity contribution in [2.75, 3.05) is 0 Å². The number of sulfonamides is 1. The largest absolute Gasteiger partial charge is 0.324 e. The van der Waals surface area contributed by atoms with Crippen LogP contribution in [0.5, 0.6) is 0 Å². The number of nitrogens with two attached hydrogens (primary N) is 1. The SMILES string of the molecule is CC(N)c1ccc(S(=O)(=O)NCc2ccn(C)n2)cc1. The highest BCUT2D eigenvalue weighted by molar-refractivity contribution is 7.89. The molecule has 1 aromatic carbocycles. The molecule has 0 fully saturated rings. The van der Waals surface area contributed by atoms with Crippen LogP contribution < -0.4 is 10.5 Å². The summed E-state index contributed by atoms with van der Waals surface area (Å²) in [6, 6.07) is 8.20. The minimum atomic E-state index is -3.53. The van der Waals surface area contributed by atoms with Crippen molar-refractivity contribution in [3.63, 3.8) is 0 Å². The Hall–Kier alpha value is -1.70. The van der Waals surface area contributed by atoms with Crippen LogP contribution >= 0.6 is 0 Å². The molecule has 20 heavy (non-hydrogen) atoms. The monoisotopic (exact) mass is 294 g/mol. The second kappa shape index (κ2) is 5.74. The Morgan fingerprint density at radius 1 is 1.30 bits per heavy atom. The van der Waals surface area contributed by atoms with Gasteiger partial charge in [-0.2, -0.15) is 5.10 Å². The Labute approximate surface area is 118 Å². The van der Waals surface area contributed by atoms with E-state index in [-0.39, 0.29) is 17.5 Å². The van der Waals surface area contributed by atoms with Crippen LogP contribution in [0.15, 0.2) is 41.4 Å². The van der Waals surface area contributed by atoms with Crippen molar-refractivity contribution in [3.8, 4) is 0 Å². The molecule has 0 radical (unpaired) electrons. The highest BCUT2D eigenvalue weighted by Crippen LogP contribution is 2.14. The molecule has 108 valence electrons. The molecule has 0 aliphatic carbocycles. The third kappa shape index (κ3) is 3.44. The molecular weight excluding hydrogens is 276 g/mol. The summed E-state index contributed by atoms with van der Waals surface area (Å²) in [5.74, 6) is 0. The number of nitrogens with zero attached hydrogens (tertiary/aromatic N) is 2. The topological polar surface area (TPSA) is 90.0 Å². The third-order valence-electron chi connectivity index (χ3n) is 2.93. The summed E-state index contributed by atoms with van der Waals surface area (Å²) < 4.78 is 28.4. The van der Waals surface area contributed by atoms with Gasteiger partial charge in [-0.3, -0.25) is 4.68 Å². The van der Waals surface area contributed by atoms with Crippen LogP contribution in [-0.2, 0) is 23.6 Å². The minimum absolute atomic E-state index is 0.117. The Morgan fingerprint density at radius 2 is 1.95 bits per heavy atom. The van der Waals surface area contributed by atoms with E-state index in [1.54, 1.807) is 48.3 Å². The summed E-state index contributed by atoms with van der Waals surface area (Å²) >= 11 is 0. The van der Waals surface area contributed by atoms with Gasteiger partial charge in [-0.25, -0.2) is 13.1 Å². The summed E-state index contributed by atoms with van der Waals surface area (Å²) in [7, 11) is -1.75. The second-order valence-corrected chi connectivity index (χ2v) is 6.43. The molecule has 7 heteroatoms. The first kappa shape index (κ1) is 14.7. The van der Waals surface area contributed by atoms with Gasteiger partial charge in [0.1, 0.15) is 0 Å². The van der Waals surface area contributed by atoms with Gasteiger partial charge in [0.05, 0.1) is 17.1 Å². The highest BCUT2D eigenvalue weighted by Gasteiger charge is 2.14. The molecule has 3 N–H and O–H groups in total. The average molecular weight is 294 g/mol. The number of aryl methyl sites for hydroxylation is 1. The van der Waals surface area contributed by atoms with Gasteiger partial charge in [0, 0.05) is 19.3 Å². The summed E-state index contributed by atoms with van der Waals surface area (Å²) in [6.07, 6.45) is 1.76. The van der Waals surface area contributed by atoms with E-state index in [4.69, 9.17) is 5.73 Å². The van der Waals surface area contributed by atoms with Crippen LogP contribution in [0.25, 0.3) is 0 Å². The van der Waals surface area contributed by atoms with E-state index in [9.17, 15) is 8.42 Å². The van der Waals surface area contributed by atoms with Gasteiger partial charge in [0.2, 0.25) is 10.0 Å². The molecule has 2 aromatic rings. The molecule has 6 nitrogen and oxygen atoms in total. The summed E-state index contributed by atoms with van der Waals surface area (Å²) in [5, 5.41) is 4.12. The molecule has 0 saturated carbocycles. The van der Waals surface area contributed by atoms with E-state index in [0.29, 0.717) is 5.69 Å². The zero-order valence-corrected chi connectivity index (χ0v) is 12.3. The standard InChI is InChI=1S/C13H18N4O2S/c1-10(14)11-3-5-13(6-4-11)20(18,19)15-9-12-7-8-17(2)16-12/h3-8,10,15H,9,14H2,1-2H3. The summed E-state index contributed by atoms with van der Waals surface area (Å²) in [6.45, 7) is 2.01. The van der Waals surface area contributed by atoms with Crippen LogP contribution in [0, 0.1) is 0 Å². The van der Waals surface area contributed by atoms with E-state index in [0.717, 1.165) is 5.56 Å². The van der Waals surface area contributed by atoms with Crippen molar-refractivity contribution >= 4 is 10.0 Å². The number of hydrogen-bond donors (Lipinski definition) is 2.